The summed E-state index contributed by atoms with van der Waals surface area (Å²) >= 11 is 0. The van der Waals surface area contributed by atoms with Gasteiger partial charge >= 0.3 is 0 Å². The fourth-order valence-corrected chi connectivity index (χ4v) is 2.24. The second kappa shape index (κ2) is 3.75. The van der Waals surface area contributed by atoms with Crippen molar-refractivity contribution in [2.45, 2.75) is 27.7 Å². The molecule has 16 heavy (non-hydrogen) atoms. The Morgan fingerprint density at radius 3 is 1.94 bits per heavy atom. The van der Waals surface area contributed by atoms with Gasteiger partial charge in [-0.2, -0.15) is 0 Å². The van der Waals surface area contributed by atoms with E-state index in [0.29, 0.717) is 0 Å². The molecule has 0 aliphatic rings. The molecule has 0 radical (unpaired) electrons. The molecule has 2 aromatic rings. The van der Waals surface area contributed by atoms with Crippen LogP contribution in [0.4, 0.5) is 0 Å². The predicted molar refractivity (Wildman–Crippen MR) is 68.3 cm³/mol. The Balaban J connectivity index is 2.96. The fourth-order valence-electron chi connectivity index (χ4n) is 2.24. The third kappa shape index (κ3) is 1.44. The first-order valence-corrected chi connectivity index (χ1v) is 5.51. The van der Waals surface area contributed by atoms with Crippen molar-refractivity contribution in [1.82, 2.24) is 0 Å². The molecule has 0 bridgehead atoms. The molecule has 2 rings (SSSR count). The molecule has 0 atom stereocenters. The summed E-state index contributed by atoms with van der Waals surface area (Å²) in [5.41, 5.74) is 6.02. The Labute approximate surface area is 96.1 Å². The van der Waals surface area contributed by atoms with Gasteiger partial charge in [-0.15, -0.1) is 0 Å². The van der Waals surface area contributed by atoms with Gasteiger partial charge in [-0.1, -0.05) is 12.1 Å². The minimum absolute atomic E-state index is 0.748. The quantitative estimate of drug-likeness (QED) is 0.655. The van der Waals surface area contributed by atoms with Crippen LogP contribution in [0.5, 0.6) is 0 Å². The van der Waals surface area contributed by atoms with Crippen molar-refractivity contribution in [2.75, 3.05) is 0 Å². The number of hydrogen-bond acceptors (Lipinski definition) is 1. The maximum atomic E-state index is 10.8. The van der Waals surface area contributed by atoms with Gasteiger partial charge in [0.25, 0.3) is 0 Å². The van der Waals surface area contributed by atoms with Crippen LogP contribution in [0.2, 0.25) is 0 Å². The summed E-state index contributed by atoms with van der Waals surface area (Å²) in [4.78, 5) is 10.8. The Morgan fingerprint density at radius 2 is 1.38 bits per heavy atom. The maximum absolute atomic E-state index is 10.8. The van der Waals surface area contributed by atoms with Crippen molar-refractivity contribution in [3.63, 3.8) is 0 Å². The lowest BCUT2D eigenvalue weighted by atomic mass is 9.91. The van der Waals surface area contributed by atoms with Gasteiger partial charge in [-0.05, 0) is 66.8 Å². The lowest BCUT2D eigenvalue weighted by molar-refractivity contribution is 0.112. The average molecular weight is 212 g/mol. The third-order valence-corrected chi connectivity index (χ3v) is 3.68. The molecule has 0 N–H and O–H groups in total. The second-order valence-electron chi connectivity index (χ2n) is 4.42. The second-order valence-corrected chi connectivity index (χ2v) is 4.42. The van der Waals surface area contributed by atoms with Crippen LogP contribution in [0.1, 0.15) is 32.6 Å². The molecule has 0 amide bonds. The summed E-state index contributed by atoms with van der Waals surface area (Å²) in [7, 11) is 0. The molecule has 1 heteroatoms. The zero-order chi connectivity index (χ0) is 11.9. The van der Waals surface area contributed by atoms with Crippen molar-refractivity contribution in [3.05, 3.63) is 46.0 Å². The summed E-state index contributed by atoms with van der Waals surface area (Å²) in [5.74, 6) is 0. The van der Waals surface area contributed by atoms with E-state index in [4.69, 9.17) is 0 Å². The van der Waals surface area contributed by atoms with Gasteiger partial charge in [0.05, 0.1) is 0 Å². The number of benzene rings is 2. The lowest BCUT2D eigenvalue weighted by Crippen LogP contribution is -1.94. The van der Waals surface area contributed by atoms with Gasteiger partial charge in [0.1, 0.15) is 6.29 Å². The topological polar surface area (TPSA) is 17.1 Å². The largest absolute Gasteiger partial charge is 0.298 e. The number of hydrogen-bond donors (Lipinski definition) is 0. The van der Waals surface area contributed by atoms with Crippen molar-refractivity contribution < 1.29 is 4.79 Å². The minimum atomic E-state index is 0.748. The van der Waals surface area contributed by atoms with E-state index in [0.717, 1.165) is 11.8 Å². The normalized spacial score (nSPS) is 10.8. The van der Waals surface area contributed by atoms with E-state index in [2.05, 4.69) is 27.7 Å². The summed E-state index contributed by atoms with van der Waals surface area (Å²) in [6.07, 6.45) is 0.906. The highest BCUT2D eigenvalue weighted by atomic mass is 16.1. The first-order valence-electron chi connectivity index (χ1n) is 5.51. The minimum Gasteiger partial charge on any atom is -0.298 e. The molecular formula is C15H16O. The Bertz CT molecular complexity index is 580. The number of rotatable bonds is 1. The Kier molecular flexibility index (Phi) is 2.55. The summed E-state index contributed by atoms with van der Waals surface area (Å²) in [5, 5.41) is 2.46. The molecule has 0 fully saturated rings. The molecule has 82 valence electrons. The molecule has 0 saturated carbocycles. The standard InChI is InChI=1S/C15H16O/c1-9-10(2)12(4)15-7-13(8-16)5-6-14(15)11(9)3/h5-8H,1-4H3. The molecule has 0 aliphatic heterocycles. The van der Waals surface area contributed by atoms with E-state index < -0.39 is 0 Å². The zero-order valence-electron chi connectivity index (χ0n) is 10.2. The third-order valence-electron chi connectivity index (χ3n) is 3.68. The summed E-state index contributed by atoms with van der Waals surface area (Å²) in [6.45, 7) is 8.57. The van der Waals surface area contributed by atoms with Gasteiger partial charge in [0.15, 0.2) is 0 Å². The van der Waals surface area contributed by atoms with E-state index in [9.17, 15) is 4.79 Å². The molecular weight excluding hydrogens is 196 g/mol. The van der Waals surface area contributed by atoms with Crippen LogP contribution in [0, 0.1) is 27.7 Å². The summed E-state index contributed by atoms with van der Waals surface area (Å²) in [6, 6.07) is 5.92. The Hall–Kier alpha value is -1.63. The van der Waals surface area contributed by atoms with Gasteiger partial charge in [-0.25, -0.2) is 0 Å². The Morgan fingerprint density at radius 1 is 0.812 bits per heavy atom. The van der Waals surface area contributed by atoms with Crippen molar-refractivity contribution in [1.29, 1.82) is 0 Å². The van der Waals surface area contributed by atoms with Crippen LogP contribution >= 0.6 is 0 Å². The first kappa shape index (κ1) is 10.9. The van der Waals surface area contributed by atoms with Crippen LogP contribution in [0.25, 0.3) is 10.8 Å². The van der Waals surface area contributed by atoms with E-state index in [1.807, 2.05) is 18.2 Å². The molecule has 0 saturated heterocycles. The number of aryl methyl sites for hydroxylation is 2. The molecule has 0 aliphatic carbocycles. The van der Waals surface area contributed by atoms with Crippen LogP contribution in [-0.2, 0) is 0 Å². The first-order chi connectivity index (χ1) is 7.56. The molecule has 1 nitrogen and oxygen atoms in total. The van der Waals surface area contributed by atoms with E-state index >= 15 is 0 Å². The average Bonchev–Trinajstić information content (AvgIpc) is 2.33. The number of aldehydes is 1. The highest BCUT2D eigenvalue weighted by Crippen LogP contribution is 2.29. The smallest absolute Gasteiger partial charge is 0.150 e. The lowest BCUT2D eigenvalue weighted by Gasteiger charge is -2.14. The van der Waals surface area contributed by atoms with E-state index in [1.54, 1.807) is 0 Å². The van der Waals surface area contributed by atoms with Crippen LogP contribution < -0.4 is 0 Å². The van der Waals surface area contributed by atoms with Crippen molar-refractivity contribution >= 4 is 17.1 Å². The SMILES string of the molecule is Cc1c(C)c(C)c2cc(C=O)ccc2c1C. The highest BCUT2D eigenvalue weighted by Gasteiger charge is 2.08. The number of carbonyl (C=O) groups excluding carboxylic acids is 1. The van der Waals surface area contributed by atoms with Crippen molar-refractivity contribution in [2.24, 2.45) is 0 Å². The molecule has 0 heterocycles. The molecule has 2 aromatic carbocycles. The number of fused-ring (bicyclic) bond motifs is 1. The fraction of sp³-hybridized carbons (Fsp3) is 0.267. The van der Waals surface area contributed by atoms with Crippen molar-refractivity contribution in [3.8, 4) is 0 Å². The number of carbonyl (C=O) groups is 1. The maximum Gasteiger partial charge on any atom is 0.150 e. The molecule has 0 aromatic heterocycles. The predicted octanol–water partition coefficient (Wildman–Crippen LogP) is 3.89. The zero-order valence-corrected chi connectivity index (χ0v) is 10.2. The monoisotopic (exact) mass is 212 g/mol. The van der Waals surface area contributed by atoms with Gasteiger partial charge in [-0.3, -0.25) is 4.79 Å². The van der Waals surface area contributed by atoms with Gasteiger partial charge in [0, 0.05) is 5.56 Å². The van der Waals surface area contributed by atoms with Crippen LogP contribution in [-0.4, -0.2) is 6.29 Å². The van der Waals surface area contributed by atoms with Gasteiger partial charge < -0.3 is 0 Å². The summed E-state index contributed by atoms with van der Waals surface area (Å²) < 4.78 is 0. The van der Waals surface area contributed by atoms with Gasteiger partial charge in [0.2, 0.25) is 0 Å². The van der Waals surface area contributed by atoms with E-state index in [-0.39, 0.29) is 0 Å². The van der Waals surface area contributed by atoms with Crippen LogP contribution in [0.3, 0.4) is 0 Å². The molecule has 0 spiro atoms. The van der Waals surface area contributed by atoms with Crippen LogP contribution in [0.15, 0.2) is 18.2 Å². The highest BCUT2D eigenvalue weighted by molar-refractivity contribution is 5.94. The molecule has 0 unspecified atom stereocenters. The van der Waals surface area contributed by atoms with E-state index in [1.165, 1.54) is 33.0 Å².